The highest BCUT2D eigenvalue weighted by atomic mass is 33.1. The first kappa shape index (κ1) is 48.6. The molecule has 5 heterocycles. The predicted molar refractivity (Wildman–Crippen MR) is 217 cm³/mol. The van der Waals surface area contributed by atoms with Crippen molar-refractivity contribution in [2.45, 2.75) is 101 Å². The van der Waals surface area contributed by atoms with Crippen molar-refractivity contribution in [3.8, 4) is 0 Å². The van der Waals surface area contributed by atoms with E-state index in [2.05, 4.69) is 24.5 Å². The monoisotopic (exact) mass is 941 g/mol. The van der Waals surface area contributed by atoms with Crippen LogP contribution < -0.4 is 17.2 Å². The zero-order valence-corrected chi connectivity index (χ0v) is 37.2. The molecule has 0 aromatic carbocycles. The van der Waals surface area contributed by atoms with Crippen LogP contribution in [0.5, 0.6) is 0 Å². The molecule has 0 aliphatic carbocycles. The molecular weight excluding hydrogens is 892 g/mol. The van der Waals surface area contributed by atoms with Gasteiger partial charge in [0.2, 0.25) is 0 Å². The highest BCUT2D eigenvalue weighted by molar-refractivity contribution is 8.77. The number of esters is 1. The number of amides is 1. The quantitative estimate of drug-likeness (QED) is 0.0486. The summed E-state index contributed by atoms with van der Waals surface area (Å²) in [5.41, 5.74) is 10.0. The van der Waals surface area contributed by atoms with Gasteiger partial charge in [-0.1, -0.05) is 42.4 Å². The number of ether oxygens (including phenoxy) is 4. The summed E-state index contributed by atoms with van der Waals surface area (Å²) >= 11 is 0. The number of carbonyl (C=O) groups excluding carboxylic acids is 2. The zero-order valence-electron chi connectivity index (χ0n) is 33.8. The normalized spacial score (nSPS) is 24.5. The van der Waals surface area contributed by atoms with Crippen molar-refractivity contribution in [3.05, 3.63) is 35.4 Å². The molecule has 8 atom stereocenters. The Morgan fingerprint density at radius 2 is 1.72 bits per heavy atom. The van der Waals surface area contributed by atoms with Gasteiger partial charge < -0.3 is 50.2 Å². The maximum Gasteiger partial charge on any atom is 0.472 e. The van der Waals surface area contributed by atoms with Gasteiger partial charge >= 0.3 is 33.4 Å². The lowest BCUT2D eigenvalue weighted by atomic mass is 10.1. The van der Waals surface area contributed by atoms with Crippen LogP contribution in [0.25, 0.3) is 11.2 Å². The number of carbonyl (C=O) groups is 2. The molecule has 0 radical (unpaired) electrons. The lowest BCUT2D eigenvalue weighted by Crippen LogP contribution is -2.44. The Morgan fingerprint density at radius 1 is 1.02 bits per heavy atom. The predicted octanol–water partition coefficient (Wildman–Crippen LogP) is 1.73. The van der Waals surface area contributed by atoms with Crippen LogP contribution in [-0.2, 0) is 46.4 Å². The third-order valence-corrected chi connectivity index (χ3v) is 13.2. The lowest BCUT2D eigenvalue weighted by Gasteiger charge is -2.28. The van der Waals surface area contributed by atoms with Crippen LogP contribution in [0.1, 0.15) is 60.4 Å². The van der Waals surface area contributed by atoms with E-state index in [-0.39, 0.29) is 40.5 Å². The van der Waals surface area contributed by atoms with E-state index in [1.807, 2.05) is 20.8 Å². The third kappa shape index (κ3) is 13.8. The number of aliphatic hydroxyl groups is 1. The highest BCUT2D eigenvalue weighted by Gasteiger charge is 2.50. The van der Waals surface area contributed by atoms with Crippen LogP contribution in [0.4, 0.5) is 16.4 Å². The third-order valence-electron chi connectivity index (χ3n) is 8.38. The Bertz CT molecular complexity index is 2180. The average molecular weight is 942 g/mol. The van der Waals surface area contributed by atoms with Crippen molar-refractivity contribution in [3.63, 3.8) is 0 Å². The number of phosphoric acid groups is 2. The van der Waals surface area contributed by atoms with Crippen molar-refractivity contribution in [2.75, 3.05) is 43.5 Å². The number of aliphatic hydroxyl groups excluding tert-OH is 1. The second-order valence-corrected chi connectivity index (χ2v) is 21.5. The Hall–Kier alpha value is -3.43. The number of aromatic nitrogens is 6. The molecule has 1 amide bonds. The minimum absolute atomic E-state index is 0.0129. The van der Waals surface area contributed by atoms with Crippen molar-refractivity contribution in [2.24, 2.45) is 0 Å². The number of hydrogen-bond acceptors (Lipinski definition) is 21. The van der Waals surface area contributed by atoms with E-state index in [1.165, 1.54) is 34.0 Å². The van der Waals surface area contributed by atoms with Crippen molar-refractivity contribution < 1.29 is 71.0 Å². The molecule has 5 rings (SSSR count). The van der Waals surface area contributed by atoms with E-state index in [9.17, 15) is 43.3 Å². The first-order chi connectivity index (χ1) is 28.3. The van der Waals surface area contributed by atoms with Crippen LogP contribution in [-0.4, -0.2) is 139 Å². The molecule has 29 heteroatoms. The average Bonchev–Trinajstić information content (AvgIpc) is 3.82. The fourth-order valence-corrected chi connectivity index (χ4v) is 9.44. The van der Waals surface area contributed by atoms with Crippen LogP contribution in [0.3, 0.4) is 0 Å². The van der Waals surface area contributed by atoms with Crippen LogP contribution in [0.2, 0.25) is 0 Å². The maximum atomic E-state index is 13.6. The summed E-state index contributed by atoms with van der Waals surface area (Å²) in [6, 6.07) is 1.28. The van der Waals surface area contributed by atoms with E-state index in [0.717, 1.165) is 15.8 Å². The van der Waals surface area contributed by atoms with E-state index in [1.54, 1.807) is 31.6 Å². The number of rotatable bonds is 17. The summed E-state index contributed by atoms with van der Waals surface area (Å²) in [6.45, 7) is 8.81. The zero-order chi connectivity index (χ0) is 45.1. The largest absolute Gasteiger partial charge is 0.472 e. The summed E-state index contributed by atoms with van der Waals surface area (Å²) in [5, 5.41) is 11.6. The van der Waals surface area contributed by atoms with Gasteiger partial charge in [0.25, 0.3) is 0 Å². The molecule has 25 nitrogen and oxygen atoms in total. The highest BCUT2D eigenvalue weighted by Crippen LogP contribution is 2.50. The number of anilines is 2. The van der Waals surface area contributed by atoms with Gasteiger partial charge in [-0.3, -0.25) is 32.4 Å². The first-order valence-corrected chi connectivity index (χ1v) is 23.7. The summed E-state index contributed by atoms with van der Waals surface area (Å²) in [5.74, 6) is -0.674. The smallest absolute Gasteiger partial charge is 0.455 e. The van der Waals surface area contributed by atoms with E-state index < -0.39 is 102 Å². The van der Waals surface area contributed by atoms with E-state index >= 15 is 0 Å². The van der Waals surface area contributed by atoms with Crippen molar-refractivity contribution >= 4 is 72.1 Å². The standard InChI is InChI=1S/C32H49N9O16P2S2/c1-31(2,3)56-30(45)39(9-10-60-61-32(4,5)6)12-22(42)55-25-19(54-28(24(25)43)41-16-37-23-26(34)35-15-36-27(23)41)14-52-59(49,50)57-17-11-21(40-8-7-20(33)38-29(40)44)53-18(17)13-51-58(46,47)48/h7-8,15-19,21,24-25,28,43H,9-14H2,1-6H3,(H,49,50)(H2,33,38,44)(H2,34,35,36)(H2,46,47,48)/t17-,18+,19?,21+,24?,25?,28?/m0/s1. The molecular formula is C32H49N9O16P2S2. The molecule has 2 aliphatic rings. The van der Waals surface area contributed by atoms with Gasteiger partial charge in [-0.15, -0.1) is 0 Å². The van der Waals surface area contributed by atoms with Gasteiger partial charge in [0.15, 0.2) is 23.8 Å². The lowest BCUT2D eigenvalue weighted by molar-refractivity contribution is -0.157. The molecule has 2 aliphatic heterocycles. The summed E-state index contributed by atoms with van der Waals surface area (Å²) in [7, 11) is -7.21. The first-order valence-electron chi connectivity index (χ1n) is 18.4. The fraction of sp³-hybridized carbons (Fsp3) is 0.656. The summed E-state index contributed by atoms with van der Waals surface area (Å²) in [4.78, 5) is 85.8. The molecule has 2 fully saturated rings. The van der Waals surface area contributed by atoms with Crippen molar-refractivity contribution in [1.29, 1.82) is 0 Å². The van der Waals surface area contributed by atoms with E-state index in [0.29, 0.717) is 5.75 Å². The van der Waals surface area contributed by atoms with Crippen LogP contribution >= 0.6 is 37.2 Å². The molecule has 0 spiro atoms. The SMILES string of the molecule is CC(C)(C)OC(=O)N(CCSSC(C)(C)C)CC(=O)OC1C(COP(=O)(O)O[C@H]2C[C@H](n3ccc(N)nc3=O)O[C@@H]2COP(=O)(O)O)OC(n2cnc3c(N)ncnc32)C1O. The van der Waals surface area contributed by atoms with Gasteiger partial charge in [0, 0.05) is 29.7 Å². The molecule has 5 unspecified atom stereocenters. The number of phosphoric ester groups is 2. The number of fused-ring (bicyclic) bond motifs is 1. The van der Waals surface area contributed by atoms with Gasteiger partial charge in [-0.2, -0.15) is 4.98 Å². The minimum Gasteiger partial charge on any atom is -0.455 e. The van der Waals surface area contributed by atoms with E-state index in [4.69, 9.17) is 39.5 Å². The second kappa shape index (κ2) is 19.5. The molecule has 3 aromatic heterocycles. The Morgan fingerprint density at radius 3 is 2.38 bits per heavy atom. The van der Waals surface area contributed by atoms with Gasteiger partial charge in [-0.05, 0) is 26.8 Å². The molecule has 0 saturated carbocycles. The molecule has 8 N–H and O–H groups in total. The molecule has 340 valence electrons. The van der Waals surface area contributed by atoms with Gasteiger partial charge in [0.05, 0.1) is 19.5 Å². The Balaban J connectivity index is 1.35. The fourth-order valence-electron chi connectivity index (χ4n) is 5.87. The van der Waals surface area contributed by atoms with Crippen LogP contribution in [0, 0.1) is 0 Å². The molecule has 2 saturated heterocycles. The number of hydrogen-bond donors (Lipinski definition) is 6. The molecule has 3 aromatic rings. The molecule has 0 bridgehead atoms. The minimum atomic E-state index is -5.21. The maximum absolute atomic E-state index is 13.6. The Kier molecular flexibility index (Phi) is 15.6. The van der Waals surface area contributed by atoms with Gasteiger partial charge in [-0.25, -0.2) is 33.7 Å². The number of nitrogens with two attached hydrogens (primary N) is 2. The number of nitrogen functional groups attached to an aromatic ring is 2. The summed E-state index contributed by atoms with van der Waals surface area (Å²) in [6.07, 6.45) is -7.87. The van der Waals surface area contributed by atoms with Gasteiger partial charge in [0.1, 0.15) is 60.5 Å². The number of imidazole rings is 1. The van der Waals surface area contributed by atoms with Crippen LogP contribution in [0.15, 0.2) is 29.7 Å². The summed E-state index contributed by atoms with van der Waals surface area (Å²) < 4.78 is 65.4. The topological polar surface area (TPSA) is 348 Å². The number of nitrogens with zero attached hydrogens (tertiary/aromatic N) is 7. The second-order valence-electron chi connectivity index (χ2n) is 15.6. The Labute approximate surface area is 356 Å². The van der Waals surface area contributed by atoms with Crippen molar-refractivity contribution in [1.82, 2.24) is 34.0 Å². The molecule has 61 heavy (non-hydrogen) atoms.